The Morgan fingerprint density at radius 3 is 2.86 bits per heavy atom. The largest absolute Gasteiger partial charge is 0.480 e. The van der Waals surface area contributed by atoms with Gasteiger partial charge in [0, 0.05) is 12.7 Å². The number of amides is 1. The molecule has 0 aliphatic carbocycles. The van der Waals surface area contributed by atoms with E-state index in [4.69, 9.17) is 4.74 Å². The molecule has 0 spiro atoms. The molecule has 114 valence electrons. The van der Waals surface area contributed by atoms with Gasteiger partial charge in [-0.25, -0.2) is 4.68 Å². The highest BCUT2D eigenvalue weighted by atomic mass is 16.5. The number of anilines is 1. The molecule has 1 amide bonds. The molecule has 0 atom stereocenters. The predicted octanol–water partition coefficient (Wildman–Crippen LogP) is 1.91. The van der Waals surface area contributed by atoms with Crippen LogP contribution in [0.15, 0.2) is 6.07 Å². The van der Waals surface area contributed by atoms with E-state index in [0.717, 1.165) is 12.1 Å². The van der Waals surface area contributed by atoms with Crippen LogP contribution in [-0.4, -0.2) is 33.0 Å². The number of hydrogen-bond donors (Lipinski definition) is 2. The average Bonchev–Trinajstić information content (AvgIpc) is 2.94. The van der Waals surface area contributed by atoms with Gasteiger partial charge in [-0.05, 0) is 25.3 Å². The predicted molar refractivity (Wildman–Crippen MR) is 79.6 cm³/mol. The first-order valence-corrected chi connectivity index (χ1v) is 6.85. The molecule has 0 bridgehead atoms. The number of aromatic nitrogens is 4. The lowest BCUT2D eigenvalue weighted by Gasteiger charge is -2.05. The lowest BCUT2D eigenvalue weighted by molar-refractivity contribution is 0.102. The number of aryl methyl sites for hydroxylation is 2. The second kappa shape index (κ2) is 5.99. The molecule has 0 saturated carbocycles. The second-order valence-electron chi connectivity index (χ2n) is 5.42. The van der Waals surface area contributed by atoms with Gasteiger partial charge in [-0.3, -0.25) is 9.89 Å². The van der Waals surface area contributed by atoms with Crippen molar-refractivity contribution in [1.29, 1.82) is 0 Å². The fourth-order valence-electron chi connectivity index (χ4n) is 2.21. The molecule has 2 N–H and O–H groups in total. The number of H-pyrrole nitrogens is 1. The maximum Gasteiger partial charge on any atom is 0.276 e. The highest BCUT2D eigenvalue weighted by Gasteiger charge is 2.19. The van der Waals surface area contributed by atoms with Crippen LogP contribution < -0.4 is 10.1 Å². The highest BCUT2D eigenvalue weighted by Crippen LogP contribution is 2.27. The zero-order chi connectivity index (χ0) is 15.6. The molecule has 0 aromatic carbocycles. The minimum absolute atomic E-state index is 0.282. The molecular weight excluding hydrogens is 270 g/mol. The van der Waals surface area contributed by atoms with Crippen LogP contribution in [0.4, 0.5) is 5.69 Å². The monoisotopic (exact) mass is 291 g/mol. The number of aromatic amines is 1. The molecule has 7 nitrogen and oxygen atoms in total. The van der Waals surface area contributed by atoms with E-state index in [1.807, 2.05) is 6.92 Å². The van der Waals surface area contributed by atoms with E-state index in [9.17, 15) is 4.79 Å². The van der Waals surface area contributed by atoms with Gasteiger partial charge in [-0.1, -0.05) is 13.8 Å². The van der Waals surface area contributed by atoms with Crippen LogP contribution in [0.2, 0.25) is 0 Å². The molecule has 2 rings (SSSR count). The third kappa shape index (κ3) is 3.24. The molecule has 2 heterocycles. The molecule has 0 radical (unpaired) electrons. The average molecular weight is 291 g/mol. The van der Waals surface area contributed by atoms with Crippen LogP contribution >= 0.6 is 0 Å². The molecule has 7 heteroatoms. The minimum Gasteiger partial charge on any atom is -0.480 e. The topological polar surface area (TPSA) is 84.8 Å². The van der Waals surface area contributed by atoms with Crippen molar-refractivity contribution in [2.75, 3.05) is 12.4 Å². The summed E-state index contributed by atoms with van der Waals surface area (Å²) in [4.78, 5) is 12.3. The summed E-state index contributed by atoms with van der Waals surface area (Å²) in [5, 5.41) is 14.0. The van der Waals surface area contributed by atoms with Gasteiger partial charge in [-0.15, -0.1) is 0 Å². The number of carbonyl (C=O) groups is 1. The Balaban J connectivity index is 2.16. The van der Waals surface area contributed by atoms with Crippen molar-refractivity contribution in [2.45, 2.75) is 27.2 Å². The van der Waals surface area contributed by atoms with E-state index >= 15 is 0 Å². The van der Waals surface area contributed by atoms with Gasteiger partial charge in [0.05, 0.1) is 12.8 Å². The van der Waals surface area contributed by atoms with Gasteiger partial charge in [0.15, 0.2) is 5.69 Å². The van der Waals surface area contributed by atoms with Crippen LogP contribution in [-0.2, 0) is 13.5 Å². The lowest BCUT2D eigenvalue weighted by Crippen LogP contribution is -2.13. The summed E-state index contributed by atoms with van der Waals surface area (Å²) in [6, 6.07) is 1.77. The molecule has 0 aliphatic rings. The van der Waals surface area contributed by atoms with Crippen LogP contribution in [0, 0.1) is 12.8 Å². The standard InChI is InChI=1S/C14H21N5O2/c1-8(2)6-10-7-11(17-16-10)13(20)15-12-9(3)18-19(4)14(12)21-5/h7-8H,6H2,1-5H3,(H,15,20)(H,16,17). The van der Waals surface area contributed by atoms with Crippen molar-refractivity contribution < 1.29 is 9.53 Å². The summed E-state index contributed by atoms with van der Waals surface area (Å²) in [5.41, 5.74) is 2.57. The first-order valence-electron chi connectivity index (χ1n) is 6.85. The number of carbonyl (C=O) groups excluding carboxylic acids is 1. The Labute approximate surface area is 123 Å². The molecule has 0 saturated heterocycles. The number of hydrogen-bond acceptors (Lipinski definition) is 4. The van der Waals surface area contributed by atoms with Crippen molar-refractivity contribution >= 4 is 11.6 Å². The molecule has 2 aromatic heterocycles. The highest BCUT2D eigenvalue weighted by molar-refractivity contribution is 6.03. The second-order valence-corrected chi connectivity index (χ2v) is 5.42. The van der Waals surface area contributed by atoms with E-state index in [2.05, 4.69) is 34.5 Å². The van der Waals surface area contributed by atoms with Gasteiger partial charge >= 0.3 is 0 Å². The third-order valence-electron chi connectivity index (χ3n) is 3.09. The smallest absolute Gasteiger partial charge is 0.276 e. The van der Waals surface area contributed by atoms with Crippen molar-refractivity contribution in [3.8, 4) is 5.88 Å². The SMILES string of the molecule is COc1c(NC(=O)c2cc(CC(C)C)[nH]n2)c(C)nn1C. The summed E-state index contributed by atoms with van der Waals surface area (Å²) in [5.74, 6) is 0.733. The van der Waals surface area contributed by atoms with Crippen LogP contribution in [0.3, 0.4) is 0 Å². The molecule has 0 unspecified atom stereocenters. The minimum atomic E-state index is -0.282. The Bertz CT molecular complexity index is 642. The van der Waals surface area contributed by atoms with Gasteiger partial charge < -0.3 is 10.1 Å². The fourth-order valence-corrected chi connectivity index (χ4v) is 2.21. The summed E-state index contributed by atoms with van der Waals surface area (Å²) < 4.78 is 6.83. The van der Waals surface area contributed by atoms with Gasteiger partial charge in [0.1, 0.15) is 5.69 Å². The number of ether oxygens (including phenoxy) is 1. The van der Waals surface area contributed by atoms with Crippen LogP contribution in [0.5, 0.6) is 5.88 Å². The van der Waals surface area contributed by atoms with E-state index in [-0.39, 0.29) is 5.91 Å². The van der Waals surface area contributed by atoms with Crippen molar-refractivity contribution in [2.24, 2.45) is 13.0 Å². The summed E-state index contributed by atoms with van der Waals surface area (Å²) >= 11 is 0. The Morgan fingerprint density at radius 1 is 1.52 bits per heavy atom. The number of nitrogens with zero attached hydrogens (tertiary/aromatic N) is 3. The lowest BCUT2D eigenvalue weighted by atomic mass is 10.1. The first kappa shape index (κ1) is 15.1. The maximum atomic E-state index is 12.3. The number of nitrogens with one attached hydrogen (secondary N) is 2. The zero-order valence-corrected chi connectivity index (χ0v) is 13.0. The number of methoxy groups -OCH3 is 1. The van der Waals surface area contributed by atoms with E-state index in [1.54, 1.807) is 24.9 Å². The van der Waals surface area contributed by atoms with E-state index in [1.165, 1.54) is 0 Å². The van der Waals surface area contributed by atoms with Crippen molar-refractivity contribution in [3.63, 3.8) is 0 Å². The van der Waals surface area contributed by atoms with Crippen LogP contribution in [0.25, 0.3) is 0 Å². The van der Waals surface area contributed by atoms with Crippen molar-refractivity contribution in [1.82, 2.24) is 20.0 Å². The van der Waals surface area contributed by atoms with E-state index in [0.29, 0.717) is 28.9 Å². The molecule has 0 fully saturated rings. The van der Waals surface area contributed by atoms with Crippen LogP contribution in [0.1, 0.15) is 35.7 Å². The fraction of sp³-hybridized carbons (Fsp3) is 0.500. The van der Waals surface area contributed by atoms with Gasteiger partial charge in [0.2, 0.25) is 5.88 Å². The maximum absolute atomic E-state index is 12.3. The normalized spacial score (nSPS) is 11.0. The Kier molecular flexibility index (Phi) is 4.30. The Hall–Kier alpha value is -2.31. The van der Waals surface area contributed by atoms with Gasteiger partial charge in [0.25, 0.3) is 5.91 Å². The molecular formula is C14H21N5O2. The van der Waals surface area contributed by atoms with Crippen molar-refractivity contribution in [3.05, 3.63) is 23.1 Å². The zero-order valence-electron chi connectivity index (χ0n) is 13.0. The van der Waals surface area contributed by atoms with Gasteiger partial charge in [-0.2, -0.15) is 10.2 Å². The quantitative estimate of drug-likeness (QED) is 0.881. The number of rotatable bonds is 5. The third-order valence-corrected chi connectivity index (χ3v) is 3.09. The molecule has 21 heavy (non-hydrogen) atoms. The summed E-state index contributed by atoms with van der Waals surface area (Å²) in [7, 11) is 3.30. The Morgan fingerprint density at radius 2 is 2.24 bits per heavy atom. The summed E-state index contributed by atoms with van der Waals surface area (Å²) in [6.45, 7) is 6.04. The first-order chi connectivity index (χ1) is 9.92. The summed E-state index contributed by atoms with van der Waals surface area (Å²) in [6.07, 6.45) is 0.857. The molecule has 2 aromatic rings. The molecule has 0 aliphatic heterocycles. The van der Waals surface area contributed by atoms with E-state index < -0.39 is 0 Å².